The highest BCUT2D eigenvalue weighted by molar-refractivity contribution is 6.21. The Morgan fingerprint density at radius 1 is 1.00 bits per heavy atom. The lowest BCUT2D eigenvalue weighted by Crippen LogP contribution is -2.46. The molecule has 1 aliphatic heterocycles. The monoisotopic (exact) mass is 257 g/mol. The van der Waals surface area contributed by atoms with Crippen molar-refractivity contribution in [3.63, 3.8) is 0 Å². The van der Waals surface area contributed by atoms with Crippen molar-refractivity contribution in [3.05, 3.63) is 35.4 Å². The highest BCUT2D eigenvalue weighted by atomic mass is 16.3. The summed E-state index contributed by atoms with van der Waals surface area (Å²) in [5, 5.41) is 9.99. The summed E-state index contributed by atoms with van der Waals surface area (Å²) in [7, 11) is 0. The molecule has 2 amide bonds. The molecule has 2 saturated carbocycles. The molecule has 4 unspecified atom stereocenters. The number of nitrogens with zero attached hydrogens (tertiary/aromatic N) is 1. The fourth-order valence-electron chi connectivity index (χ4n) is 4.08. The first-order chi connectivity index (χ1) is 9.16. The van der Waals surface area contributed by atoms with Gasteiger partial charge in [-0.15, -0.1) is 0 Å². The third kappa shape index (κ3) is 1.38. The minimum Gasteiger partial charge on any atom is -0.393 e. The molecule has 2 bridgehead atoms. The summed E-state index contributed by atoms with van der Waals surface area (Å²) >= 11 is 0. The molecule has 98 valence electrons. The van der Waals surface area contributed by atoms with Gasteiger partial charge in [-0.3, -0.25) is 14.5 Å². The van der Waals surface area contributed by atoms with Crippen molar-refractivity contribution in [1.82, 2.24) is 4.90 Å². The number of hydrogen-bond donors (Lipinski definition) is 1. The summed E-state index contributed by atoms with van der Waals surface area (Å²) in [5.74, 6) is 0.164. The predicted molar refractivity (Wildman–Crippen MR) is 67.6 cm³/mol. The van der Waals surface area contributed by atoms with Crippen molar-refractivity contribution < 1.29 is 14.7 Å². The number of carbonyl (C=O) groups is 2. The Bertz CT molecular complexity index is 548. The van der Waals surface area contributed by atoms with Gasteiger partial charge in [-0.2, -0.15) is 0 Å². The molecule has 0 spiro atoms. The van der Waals surface area contributed by atoms with E-state index in [1.54, 1.807) is 24.3 Å². The Balaban J connectivity index is 1.71. The molecular weight excluding hydrogens is 242 g/mol. The van der Waals surface area contributed by atoms with Crippen LogP contribution >= 0.6 is 0 Å². The second-order valence-electron chi connectivity index (χ2n) is 5.90. The maximum atomic E-state index is 12.4. The molecule has 0 aromatic heterocycles. The van der Waals surface area contributed by atoms with Gasteiger partial charge in [0.2, 0.25) is 0 Å². The first kappa shape index (κ1) is 11.2. The van der Waals surface area contributed by atoms with Crippen molar-refractivity contribution in [2.75, 3.05) is 0 Å². The van der Waals surface area contributed by atoms with Gasteiger partial charge in [-0.1, -0.05) is 12.1 Å². The average molecular weight is 257 g/mol. The lowest BCUT2D eigenvalue weighted by molar-refractivity contribution is 0.0336. The lowest BCUT2D eigenvalue weighted by atomic mass is 9.91. The predicted octanol–water partition coefficient (Wildman–Crippen LogP) is 1.44. The molecule has 19 heavy (non-hydrogen) atoms. The van der Waals surface area contributed by atoms with Crippen molar-refractivity contribution in [2.45, 2.75) is 31.4 Å². The topological polar surface area (TPSA) is 57.6 Å². The Morgan fingerprint density at radius 3 is 2.16 bits per heavy atom. The first-order valence-electron chi connectivity index (χ1n) is 6.82. The minimum absolute atomic E-state index is 0.0761. The van der Waals surface area contributed by atoms with Gasteiger partial charge in [-0.05, 0) is 37.3 Å². The summed E-state index contributed by atoms with van der Waals surface area (Å²) in [4.78, 5) is 26.2. The zero-order chi connectivity index (χ0) is 13.1. The van der Waals surface area contributed by atoms with E-state index in [1.807, 2.05) is 0 Å². The minimum atomic E-state index is -0.354. The van der Waals surface area contributed by atoms with Crippen LogP contribution in [-0.2, 0) is 0 Å². The number of amides is 2. The molecule has 0 radical (unpaired) electrons. The van der Waals surface area contributed by atoms with E-state index in [9.17, 15) is 14.7 Å². The van der Waals surface area contributed by atoms with Crippen LogP contribution in [0.4, 0.5) is 0 Å². The molecule has 3 aliphatic rings. The van der Waals surface area contributed by atoms with Gasteiger partial charge >= 0.3 is 0 Å². The van der Waals surface area contributed by atoms with Crippen LogP contribution in [0.1, 0.15) is 40.0 Å². The first-order valence-corrected chi connectivity index (χ1v) is 6.82. The van der Waals surface area contributed by atoms with E-state index < -0.39 is 0 Å². The molecule has 4 nitrogen and oxygen atoms in total. The number of aliphatic hydroxyl groups excluding tert-OH is 1. The Hall–Kier alpha value is -1.68. The lowest BCUT2D eigenvalue weighted by Gasteiger charge is -2.32. The second-order valence-corrected chi connectivity index (χ2v) is 5.90. The van der Waals surface area contributed by atoms with E-state index in [1.165, 1.54) is 4.90 Å². The van der Waals surface area contributed by atoms with Crippen molar-refractivity contribution >= 4 is 11.8 Å². The number of carbonyl (C=O) groups excluding carboxylic acids is 2. The third-order valence-electron chi connectivity index (χ3n) is 4.90. The molecule has 1 N–H and O–H groups in total. The van der Waals surface area contributed by atoms with Crippen molar-refractivity contribution in [2.24, 2.45) is 11.8 Å². The molecule has 1 aromatic rings. The summed E-state index contributed by atoms with van der Waals surface area (Å²) in [6.45, 7) is 0. The number of aliphatic hydroxyl groups is 1. The van der Waals surface area contributed by atoms with Gasteiger partial charge in [-0.25, -0.2) is 0 Å². The van der Waals surface area contributed by atoms with Gasteiger partial charge in [0.1, 0.15) is 0 Å². The molecule has 1 heterocycles. The molecule has 4 heteroatoms. The van der Waals surface area contributed by atoms with E-state index in [-0.39, 0.29) is 29.9 Å². The van der Waals surface area contributed by atoms with Gasteiger partial charge in [0.05, 0.1) is 17.2 Å². The van der Waals surface area contributed by atoms with Crippen LogP contribution < -0.4 is 0 Å². The van der Waals surface area contributed by atoms with Crippen LogP contribution in [0.3, 0.4) is 0 Å². The summed E-state index contributed by atoms with van der Waals surface area (Å²) in [5.41, 5.74) is 1.01. The zero-order valence-corrected chi connectivity index (χ0v) is 10.5. The summed E-state index contributed by atoms with van der Waals surface area (Å²) in [6.07, 6.45) is 2.27. The second kappa shape index (κ2) is 3.67. The molecule has 4 rings (SSSR count). The van der Waals surface area contributed by atoms with E-state index >= 15 is 0 Å². The molecule has 2 aliphatic carbocycles. The van der Waals surface area contributed by atoms with E-state index in [2.05, 4.69) is 0 Å². The maximum Gasteiger partial charge on any atom is 0.261 e. The van der Waals surface area contributed by atoms with Gasteiger partial charge in [0.25, 0.3) is 11.8 Å². The van der Waals surface area contributed by atoms with Crippen LogP contribution in [0.15, 0.2) is 24.3 Å². The number of hydrogen-bond acceptors (Lipinski definition) is 3. The Morgan fingerprint density at radius 2 is 1.63 bits per heavy atom. The maximum absolute atomic E-state index is 12.4. The van der Waals surface area contributed by atoms with Crippen LogP contribution in [0.2, 0.25) is 0 Å². The average Bonchev–Trinajstić information content (AvgIpc) is 3.03. The quantitative estimate of drug-likeness (QED) is 0.774. The van der Waals surface area contributed by atoms with Gasteiger partial charge in [0.15, 0.2) is 0 Å². The normalized spacial score (nSPS) is 36.2. The van der Waals surface area contributed by atoms with E-state index in [0.29, 0.717) is 17.0 Å². The standard InChI is InChI=1S/C15H15NO3/c17-13-7-8-5-11(13)12(6-8)16-14(18)9-3-1-2-4-10(9)15(16)19/h1-4,8,11-13,17H,5-7H2. The Kier molecular flexibility index (Phi) is 2.16. The van der Waals surface area contributed by atoms with Crippen LogP contribution in [0, 0.1) is 11.8 Å². The molecule has 1 aromatic carbocycles. The van der Waals surface area contributed by atoms with Gasteiger partial charge in [0, 0.05) is 12.0 Å². The highest BCUT2D eigenvalue weighted by Gasteiger charge is 2.52. The van der Waals surface area contributed by atoms with Crippen LogP contribution in [0.5, 0.6) is 0 Å². The highest BCUT2D eigenvalue weighted by Crippen LogP contribution is 2.48. The molecule has 2 fully saturated rings. The zero-order valence-electron chi connectivity index (χ0n) is 10.5. The summed E-state index contributed by atoms with van der Waals surface area (Å²) in [6, 6.07) is 6.87. The number of benzene rings is 1. The molecular formula is C15H15NO3. The third-order valence-corrected chi connectivity index (χ3v) is 4.90. The smallest absolute Gasteiger partial charge is 0.261 e. The number of fused-ring (bicyclic) bond motifs is 3. The fraction of sp³-hybridized carbons (Fsp3) is 0.467. The van der Waals surface area contributed by atoms with Crippen LogP contribution in [-0.4, -0.2) is 34.0 Å². The van der Waals surface area contributed by atoms with Crippen LogP contribution in [0.25, 0.3) is 0 Å². The fourth-order valence-corrected chi connectivity index (χ4v) is 4.08. The molecule has 0 saturated heterocycles. The number of imide groups is 1. The summed E-state index contributed by atoms with van der Waals surface area (Å²) < 4.78 is 0. The largest absolute Gasteiger partial charge is 0.393 e. The number of rotatable bonds is 1. The molecule has 4 atom stereocenters. The van der Waals surface area contributed by atoms with Crippen molar-refractivity contribution in [1.29, 1.82) is 0 Å². The van der Waals surface area contributed by atoms with Gasteiger partial charge < -0.3 is 5.11 Å². The Labute approximate surface area is 111 Å². The SMILES string of the molecule is O=C1c2ccccc2C(=O)N1C1CC2CC(O)C1C2. The van der Waals surface area contributed by atoms with Crippen molar-refractivity contribution in [3.8, 4) is 0 Å². The van der Waals surface area contributed by atoms with E-state index in [0.717, 1.165) is 19.3 Å². The van der Waals surface area contributed by atoms with E-state index in [4.69, 9.17) is 0 Å².